The van der Waals surface area contributed by atoms with Crippen molar-refractivity contribution in [1.29, 1.82) is 0 Å². The lowest BCUT2D eigenvalue weighted by Gasteiger charge is -2.33. The van der Waals surface area contributed by atoms with Gasteiger partial charge < -0.3 is 15.2 Å². The topological polar surface area (TPSA) is 70.5 Å². The summed E-state index contributed by atoms with van der Waals surface area (Å²) in [5.41, 5.74) is 0. The molecule has 0 unspecified atom stereocenters. The van der Waals surface area contributed by atoms with Crippen LogP contribution in [0.3, 0.4) is 0 Å². The molecule has 0 spiro atoms. The fourth-order valence-electron chi connectivity index (χ4n) is 2.19. The van der Waals surface area contributed by atoms with E-state index in [4.69, 9.17) is 5.11 Å². The van der Waals surface area contributed by atoms with E-state index in [1.54, 1.807) is 4.31 Å². The number of ether oxygens (including phenoxy) is 1. The van der Waals surface area contributed by atoms with E-state index in [1.165, 1.54) is 0 Å². The molecule has 11 heteroatoms. The quantitative estimate of drug-likeness (QED) is 0.538. The Labute approximate surface area is 140 Å². The van der Waals surface area contributed by atoms with Crippen molar-refractivity contribution < 1.29 is 27.4 Å². The number of halogens is 4. The zero-order valence-electron chi connectivity index (χ0n) is 12.7. The van der Waals surface area contributed by atoms with Crippen molar-refractivity contribution in [1.82, 2.24) is 14.3 Å². The van der Waals surface area contributed by atoms with Gasteiger partial charge in [-0.25, -0.2) is 14.3 Å². The van der Waals surface area contributed by atoms with Gasteiger partial charge >= 0.3 is 11.9 Å². The van der Waals surface area contributed by atoms with Crippen molar-refractivity contribution >= 4 is 17.9 Å². The lowest BCUT2D eigenvalue weighted by atomic mass is 10.1. The average molecular weight is 370 g/mol. The maximum atomic E-state index is 13.4. The Bertz CT molecular complexity index is 501. The Morgan fingerprint density at radius 2 is 1.96 bits per heavy atom. The molecular weight excluding hydrogens is 352 g/mol. The molecule has 0 radical (unpaired) electrons. The highest BCUT2D eigenvalue weighted by Crippen LogP contribution is 2.36. The first-order valence-corrected chi connectivity index (χ1v) is 8.11. The van der Waals surface area contributed by atoms with Crippen molar-refractivity contribution in [2.45, 2.75) is 37.2 Å². The van der Waals surface area contributed by atoms with Crippen LogP contribution in [0.5, 0.6) is 5.75 Å². The van der Waals surface area contributed by atoms with Crippen molar-refractivity contribution in [3.05, 3.63) is 12.4 Å². The molecular formula is C13H18F4N4O2S. The van der Waals surface area contributed by atoms with Crippen molar-refractivity contribution in [2.75, 3.05) is 25.0 Å². The van der Waals surface area contributed by atoms with E-state index in [-0.39, 0.29) is 17.7 Å². The number of aromatic nitrogens is 2. The van der Waals surface area contributed by atoms with Gasteiger partial charge in [-0.05, 0) is 24.8 Å². The zero-order valence-corrected chi connectivity index (χ0v) is 13.5. The van der Waals surface area contributed by atoms with Crippen LogP contribution < -0.4 is 10.1 Å². The molecule has 1 aliphatic rings. The fourth-order valence-corrected chi connectivity index (χ4v) is 3.15. The number of hydrogen-bond acceptors (Lipinski definition) is 7. The molecule has 6 nitrogen and oxygen atoms in total. The number of alkyl halides is 4. The minimum Gasteiger partial charge on any atom is -0.432 e. The Hall–Kier alpha value is -1.33. The number of nitrogens with zero attached hydrogens (tertiary/aromatic N) is 3. The smallest absolute Gasteiger partial charge is 0.387 e. The van der Waals surface area contributed by atoms with Crippen LogP contribution in [-0.2, 0) is 0 Å². The van der Waals surface area contributed by atoms with Crippen LogP contribution in [0.15, 0.2) is 12.4 Å². The third-order valence-corrected chi connectivity index (χ3v) is 4.40. The second-order valence-electron chi connectivity index (χ2n) is 5.17. The van der Waals surface area contributed by atoms with Crippen molar-refractivity contribution in [2.24, 2.45) is 0 Å². The molecule has 24 heavy (non-hydrogen) atoms. The normalized spacial score (nSPS) is 17.2. The minimum atomic E-state index is -2.97. The van der Waals surface area contributed by atoms with Crippen LogP contribution in [0.25, 0.3) is 0 Å². The molecule has 1 aromatic rings. The molecule has 2 rings (SSSR count). The second-order valence-corrected chi connectivity index (χ2v) is 6.47. The monoisotopic (exact) mass is 370 g/mol. The molecule has 0 saturated carbocycles. The highest BCUT2D eigenvalue weighted by atomic mass is 32.2. The lowest BCUT2D eigenvalue weighted by molar-refractivity contribution is -0.0503. The van der Waals surface area contributed by atoms with E-state index in [9.17, 15) is 17.6 Å². The molecule has 2 N–H and O–H groups in total. The number of anilines is 1. The van der Waals surface area contributed by atoms with Gasteiger partial charge in [-0.1, -0.05) is 0 Å². The van der Waals surface area contributed by atoms with E-state index >= 15 is 0 Å². The summed E-state index contributed by atoms with van der Waals surface area (Å²) < 4.78 is 56.7. The van der Waals surface area contributed by atoms with E-state index in [0.29, 0.717) is 37.9 Å². The van der Waals surface area contributed by atoms with Crippen LogP contribution in [0.4, 0.5) is 23.5 Å². The van der Waals surface area contributed by atoms with Gasteiger partial charge in [-0.15, -0.1) is 0 Å². The molecule has 0 amide bonds. The largest absolute Gasteiger partial charge is 0.432 e. The maximum absolute atomic E-state index is 13.4. The highest BCUT2D eigenvalue weighted by Gasteiger charge is 2.34. The molecule has 0 aliphatic carbocycles. The fraction of sp³-hybridized carbons (Fsp3) is 0.692. The Kier molecular flexibility index (Phi) is 6.87. The van der Waals surface area contributed by atoms with E-state index < -0.39 is 24.9 Å². The maximum Gasteiger partial charge on any atom is 0.387 e. The SMILES string of the molecule is OCCC(F)(F)SN1CCC(Nc2ncc(OC(F)F)cn2)CC1. The number of aliphatic hydroxyl groups is 1. The molecule has 1 aliphatic heterocycles. The average Bonchev–Trinajstić information content (AvgIpc) is 2.50. The van der Waals surface area contributed by atoms with Gasteiger partial charge in [-0.3, -0.25) is 0 Å². The molecule has 1 fully saturated rings. The van der Waals surface area contributed by atoms with Gasteiger partial charge in [0.1, 0.15) is 0 Å². The zero-order chi connectivity index (χ0) is 17.6. The first-order chi connectivity index (χ1) is 11.4. The van der Waals surface area contributed by atoms with Crippen LogP contribution in [0, 0.1) is 0 Å². The predicted octanol–water partition coefficient (Wildman–Crippen LogP) is 2.58. The predicted molar refractivity (Wildman–Crippen MR) is 81.1 cm³/mol. The van der Waals surface area contributed by atoms with E-state index in [0.717, 1.165) is 12.4 Å². The standard InChI is InChI=1S/C13H18F4N4O2S/c14-11(15)23-10-7-18-12(19-8-10)20-9-1-4-21(5-2-9)24-13(16,17)3-6-22/h7-9,11,22H,1-6H2,(H,18,19,20). The third-order valence-electron chi connectivity index (χ3n) is 3.31. The molecule has 1 saturated heterocycles. The van der Waals surface area contributed by atoms with Gasteiger partial charge in [0, 0.05) is 32.2 Å². The number of hydrogen-bond donors (Lipinski definition) is 2. The van der Waals surface area contributed by atoms with Crippen molar-refractivity contribution in [3.8, 4) is 5.75 Å². The number of piperidine rings is 1. The number of nitrogens with one attached hydrogen (secondary N) is 1. The van der Waals surface area contributed by atoms with Gasteiger partial charge in [0.15, 0.2) is 5.75 Å². The Morgan fingerprint density at radius 1 is 1.33 bits per heavy atom. The summed E-state index contributed by atoms with van der Waals surface area (Å²) in [6.07, 6.45) is 2.93. The summed E-state index contributed by atoms with van der Waals surface area (Å²) >= 11 is 0.457. The van der Waals surface area contributed by atoms with Gasteiger partial charge in [0.25, 0.3) is 0 Å². The molecule has 0 bridgehead atoms. The molecule has 0 aromatic carbocycles. The highest BCUT2D eigenvalue weighted by molar-refractivity contribution is 7.98. The number of rotatable bonds is 8. The molecule has 0 atom stereocenters. The molecule has 1 aromatic heterocycles. The summed E-state index contributed by atoms with van der Waals surface area (Å²) in [5, 5.41) is 8.69. The first kappa shape index (κ1) is 19.0. The van der Waals surface area contributed by atoms with E-state index in [1.807, 2.05) is 0 Å². The van der Waals surface area contributed by atoms with Crippen LogP contribution in [0.2, 0.25) is 0 Å². The van der Waals surface area contributed by atoms with E-state index in [2.05, 4.69) is 20.0 Å². The minimum absolute atomic E-state index is 0.00943. The number of aliphatic hydroxyl groups excluding tert-OH is 1. The van der Waals surface area contributed by atoms with Gasteiger partial charge in [-0.2, -0.15) is 17.6 Å². The summed E-state index contributed by atoms with van der Waals surface area (Å²) in [7, 11) is 0. The van der Waals surface area contributed by atoms with Crippen LogP contribution >= 0.6 is 11.9 Å². The molecule has 136 valence electrons. The Balaban J connectivity index is 1.76. The van der Waals surface area contributed by atoms with Crippen LogP contribution in [0.1, 0.15) is 19.3 Å². The summed E-state index contributed by atoms with van der Waals surface area (Å²) in [6, 6.07) is 0.00943. The summed E-state index contributed by atoms with van der Waals surface area (Å²) in [5.74, 6) is 0.140. The van der Waals surface area contributed by atoms with Gasteiger partial charge in [0.2, 0.25) is 5.95 Å². The van der Waals surface area contributed by atoms with Gasteiger partial charge in [0.05, 0.1) is 12.4 Å². The Morgan fingerprint density at radius 3 is 2.50 bits per heavy atom. The first-order valence-electron chi connectivity index (χ1n) is 7.34. The second kappa shape index (κ2) is 8.67. The summed E-state index contributed by atoms with van der Waals surface area (Å²) in [6.45, 7) is -2.58. The van der Waals surface area contributed by atoms with Crippen molar-refractivity contribution in [3.63, 3.8) is 0 Å². The molecule has 2 heterocycles. The summed E-state index contributed by atoms with van der Waals surface area (Å²) in [4.78, 5) is 7.76. The lowest BCUT2D eigenvalue weighted by Crippen LogP contribution is -2.38. The van der Waals surface area contributed by atoms with Crippen LogP contribution in [-0.4, -0.2) is 57.0 Å². The third kappa shape index (κ3) is 6.29.